The van der Waals surface area contributed by atoms with Gasteiger partial charge in [0.05, 0.1) is 12.6 Å². The Labute approximate surface area is 134 Å². The van der Waals surface area contributed by atoms with Crippen molar-refractivity contribution in [2.75, 3.05) is 7.11 Å². The van der Waals surface area contributed by atoms with Crippen LogP contribution >= 0.6 is 0 Å². The highest BCUT2D eigenvalue weighted by atomic mass is 16.5. The Balaban J connectivity index is 1.90. The molecule has 3 rings (SSSR count). The number of rotatable bonds is 4. The molecule has 1 aliphatic carbocycles. The van der Waals surface area contributed by atoms with Gasteiger partial charge in [0.2, 0.25) is 0 Å². The van der Waals surface area contributed by atoms with Crippen molar-refractivity contribution in [1.82, 2.24) is 15.3 Å². The number of hydrogen-bond donors (Lipinski definition) is 3. The van der Waals surface area contributed by atoms with E-state index in [-0.39, 0.29) is 17.1 Å². The van der Waals surface area contributed by atoms with Gasteiger partial charge in [-0.2, -0.15) is 0 Å². The summed E-state index contributed by atoms with van der Waals surface area (Å²) in [6.45, 7) is 1.71. The minimum Gasteiger partial charge on any atom is -0.497 e. The normalized spacial score (nSPS) is 16.3. The molecule has 0 atom stereocenters. The van der Waals surface area contributed by atoms with Gasteiger partial charge in [-0.05, 0) is 37.5 Å². The van der Waals surface area contributed by atoms with Crippen LogP contribution in [0.4, 0.5) is 0 Å². The van der Waals surface area contributed by atoms with E-state index in [1.807, 2.05) is 24.3 Å². The Hall–Kier alpha value is -2.50. The second kappa shape index (κ2) is 5.95. The minimum atomic E-state index is -0.385. The molecule has 1 aliphatic rings. The molecule has 0 bridgehead atoms. The maximum Gasteiger partial charge on any atom is 0.323 e. The average molecular weight is 315 g/mol. The van der Waals surface area contributed by atoms with Crippen LogP contribution in [0.1, 0.15) is 47.4 Å². The summed E-state index contributed by atoms with van der Waals surface area (Å²) in [7, 11) is 1.63. The van der Waals surface area contributed by atoms with E-state index < -0.39 is 0 Å². The van der Waals surface area contributed by atoms with Crippen LogP contribution in [-0.4, -0.2) is 23.0 Å². The molecule has 1 saturated carbocycles. The molecule has 0 spiro atoms. The van der Waals surface area contributed by atoms with Crippen molar-refractivity contribution in [1.29, 1.82) is 0 Å². The molecule has 23 heavy (non-hydrogen) atoms. The number of hydrogen-bond acceptors (Lipinski definition) is 3. The molecule has 0 aliphatic heterocycles. The van der Waals surface area contributed by atoms with E-state index in [1.165, 1.54) is 0 Å². The molecule has 1 aromatic carbocycles. The maximum absolute atomic E-state index is 12.6. The Kier molecular flexibility index (Phi) is 3.98. The van der Waals surface area contributed by atoms with E-state index in [0.717, 1.165) is 37.0 Å². The van der Waals surface area contributed by atoms with Crippen molar-refractivity contribution in [3.63, 3.8) is 0 Å². The number of nitrogens with one attached hydrogen (secondary N) is 3. The Bertz CT molecular complexity index is 752. The minimum absolute atomic E-state index is 0.251. The Morgan fingerprint density at radius 3 is 2.35 bits per heavy atom. The number of methoxy groups -OCH3 is 1. The molecule has 2 aromatic rings. The van der Waals surface area contributed by atoms with Gasteiger partial charge in [0.25, 0.3) is 5.91 Å². The van der Waals surface area contributed by atoms with Gasteiger partial charge in [0.1, 0.15) is 11.4 Å². The zero-order valence-corrected chi connectivity index (χ0v) is 13.4. The topological polar surface area (TPSA) is 87.0 Å². The SMILES string of the molecule is COc1ccc(C2(NC(=O)c3[nH]c(=O)[nH]c3C)CCCC2)cc1. The van der Waals surface area contributed by atoms with E-state index >= 15 is 0 Å². The van der Waals surface area contributed by atoms with E-state index in [0.29, 0.717) is 11.4 Å². The number of imidazole rings is 1. The number of H-pyrrole nitrogens is 2. The molecule has 1 heterocycles. The molecular weight excluding hydrogens is 294 g/mol. The third-order valence-corrected chi connectivity index (χ3v) is 4.59. The van der Waals surface area contributed by atoms with Gasteiger partial charge >= 0.3 is 5.69 Å². The van der Waals surface area contributed by atoms with E-state index in [2.05, 4.69) is 15.3 Å². The van der Waals surface area contributed by atoms with Crippen molar-refractivity contribution in [2.24, 2.45) is 0 Å². The summed E-state index contributed by atoms with van der Waals surface area (Å²) in [6.07, 6.45) is 3.90. The molecule has 0 radical (unpaired) electrons. The Morgan fingerprint density at radius 2 is 1.83 bits per heavy atom. The molecule has 1 aromatic heterocycles. The predicted octanol–water partition coefficient (Wildman–Crippen LogP) is 2.22. The smallest absolute Gasteiger partial charge is 0.323 e. The third-order valence-electron chi connectivity index (χ3n) is 4.59. The highest BCUT2D eigenvalue weighted by Gasteiger charge is 2.37. The summed E-state index contributed by atoms with van der Waals surface area (Å²) < 4.78 is 5.20. The molecule has 1 amide bonds. The number of benzene rings is 1. The van der Waals surface area contributed by atoms with Crippen molar-refractivity contribution in [3.05, 3.63) is 51.7 Å². The highest BCUT2D eigenvalue weighted by molar-refractivity contribution is 5.94. The van der Waals surface area contributed by atoms with E-state index in [4.69, 9.17) is 4.74 Å². The molecular formula is C17H21N3O3. The number of aryl methyl sites for hydroxylation is 1. The average Bonchev–Trinajstić information content (AvgIpc) is 3.14. The van der Waals surface area contributed by atoms with E-state index in [1.54, 1.807) is 14.0 Å². The molecule has 1 fully saturated rings. The summed E-state index contributed by atoms with van der Waals surface area (Å²) in [5.74, 6) is 0.539. The summed E-state index contributed by atoms with van der Waals surface area (Å²) >= 11 is 0. The zero-order valence-electron chi connectivity index (χ0n) is 13.4. The fourth-order valence-corrected chi connectivity index (χ4v) is 3.35. The van der Waals surface area contributed by atoms with Gasteiger partial charge < -0.3 is 20.0 Å². The second-order valence-corrected chi connectivity index (χ2v) is 6.05. The number of carbonyl (C=O) groups is 1. The van der Waals surface area contributed by atoms with E-state index in [9.17, 15) is 9.59 Å². The number of carbonyl (C=O) groups excluding carboxylic acids is 1. The van der Waals surface area contributed by atoms with Crippen molar-refractivity contribution < 1.29 is 9.53 Å². The largest absolute Gasteiger partial charge is 0.497 e. The molecule has 0 saturated heterocycles. The fourth-order valence-electron chi connectivity index (χ4n) is 3.35. The molecule has 0 unspecified atom stereocenters. The molecule has 6 nitrogen and oxygen atoms in total. The highest BCUT2D eigenvalue weighted by Crippen LogP contribution is 2.39. The van der Waals surface area contributed by atoms with Crippen LogP contribution in [0, 0.1) is 6.92 Å². The van der Waals surface area contributed by atoms with Gasteiger partial charge in [0, 0.05) is 5.69 Å². The number of ether oxygens (including phenoxy) is 1. The monoisotopic (exact) mass is 315 g/mol. The summed E-state index contributed by atoms with van der Waals surface area (Å²) in [5, 5.41) is 3.15. The Morgan fingerprint density at radius 1 is 1.17 bits per heavy atom. The van der Waals surface area contributed by atoms with Gasteiger partial charge in [-0.25, -0.2) is 4.79 Å². The number of aromatic amines is 2. The standard InChI is InChI=1S/C17H21N3O3/c1-11-14(19-16(22)18-11)15(21)20-17(9-3-4-10-17)12-5-7-13(23-2)8-6-12/h5-8H,3-4,9-10H2,1-2H3,(H,20,21)(H2,18,19,22). The van der Waals surface area contributed by atoms with Crippen LogP contribution in [0.2, 0.25) is 0 Å². The molecule has 122 valence electrons. The van der Waals surface area contributed by atoms with Gasteiger partial charge in [0.15, 0.2) is 0 Å². The first kappa shape index (κ1) is 15.4. The van der Waals surface area contributed by atoms with Crippen molar-refractivity contribution in [2.45, 2.75) is 38.1 Å². The number of amides is 1. The van der Waals surface area contributed by atoms with Crippen molar-refractivity contribution >= 4 is 5.91 Å². The van der Waals surface area contributed by atoms with Gasteiger partial charge in [-0.1, -0.05) is 25.0 Å². The van der Waals surface area contributed by atoms with Crippen LogP contribution in [0.3, 0.4) is 0 Å². The van der Waals surface area contributed by atoms with Crippen LogP contribution in [0.25, 0.3) is 0 Å². The lowest BCUT2D eigenvalue weighted by atomic mass is 9.88. The lowest BCUT2D eigenvalue weighted by Gasteiger charge is -2.31. The fraction of sp³-hybridized carbons (Fsp3) is 0.412. The summed E-state index contributed by atoms with van der Waals surface area (Å²) in [4.78, 5) is 29.1. The first-order valence-corrected chi connectivity index (χ1v) is 7.80. The molecule has 6 heteroatoms. The number of aromatic nitrogens is 2. The third kappa shape index (κ3) is 2.88. The van der Waals surface area contributed by atoms with Gasteiger partial charge in [-0.15, -0.1) is 0 Å². The van der Waals surface area contributed by atoms with Crippen LogP contribution in [0.15, 0.2) is 29.1 Å². The predicted molar refractivity (Wildman–Crippen MR) is 86.8 cm³/mol. The zero-order chi connectivity index (χ0) is 16.4. The maximum atomic E-state index is 12.6. The van der Waals surface area contributed by atoms with Gasteiger partial charge in [-0.3, -0.25) is 4.79 Å². The molecule has 3 N–H and O–H groups in total. The second-order valence-electron chi connectivity index (χ2n) is 6.05. The summed E-state index contributed by atoms with van der Waals surface area (Å²) in [6, 6.07) is 7.81. The first-order chi connectivity index (χ1) is 11.0. The lowest BCUT2D eigenvalue weighted by molar-refractivity contribution is 0.0892. The van der Waals surface area contributed by atoms with Crippen LogP contribution in [0.5, 0.6) is 5.75 Å². The van der Waals surface area contributed by atoms with Crippen LogP contribution in [-0.2, 0) is 5.54 Å². The first-order valence-electron chi connectivity index (χ1n) is 7.80. The van der Waals surface area contributed by atoms with Crippen molar-refractivity contribution in [3.8, 4) is 5.75 Å². The van der Waals surface area contributed by atoms with Crippen LogP contribution < -0.4 is 15.7 Å². The quantitative estimate of drug-likeness (QED) is 0.808. The summed E-state index contributed by atoms with van der Waals surface area (Å²) in [5.41, 5.74) is 1.17. The lowest BCUT2D eigenvalue weighted by Crippen LogP contribution is -2.44.